The molecule has 0 aromatic heterocycles. The predicted octanol–water partition coefficient (Wildman–Crippen LogP) is 2.35. The van der Waals surface area contributed by atoms with Crippen molar-refractivity contribution in [2.24, 2.45) is 5.73 Å². The minimum Gasteiger partial charge on any atom is -0.330 e. The monoisotopic (exact) mass is 228 g/mol. The van der Waals surface area contributed by atoms with Gasteiger partial charge >= 0.3 is 0 Å². The fraction of sp³-hybridized carbons (Fsp3) is 0.400. The Morgan fingerprint density at radius 2 is 1.86 bits per heavy atom. The summed E-state index contributed by atoms with van der Waals surface area (Å²) in [5.41, 5.74) is 5.39. The number of hydrogen-bond acceptors (Lipinski definition) is 4. The van der Waals surface area contributed by atoms with Crippen molar-refractivity contribution >= 4 is 23.7 Å². The standard InChI is InChI=1S/C10H16N2S2/c1-13-9-3-5-10(6-4-9)14-12-8-2-7-11/h3-6,12H,2,7-8,11H2,1H3. The van der Waals surface area contributed by atoms with Gasteiger partial charge in [-0.05, 0) is 55.4 Å². The van der Waals surface area contributed by atoms with E-state index in [2.05, 4.69) is 35.2 Å². The van der Waals surface area contributed by atoms with Crippen LogP contribution in [0.4, 0.5) is 0 Å². The van der Waals surface area contributed by atoms with E-state index in [-0.39, 0.29) is 0 Å². The molecular formula is C10H16N2S2. The summed E-state index contributed by atoms with van der Waals surface area (Å²) in [6, 6.07) is 8.53. The molecule has 0 saturated heterocycles. The molecular weight excluding hydrogens is 212 g/mol. The molecule has 1 rings (SSSR count). The summed E-state index contributed by atoms with van der Waals surface area (Å²) in [6.07, 6.45) is 3.11. The van der Waals surface area contributed by atoms with E-state index in [1.54, 1.807) is 23.7 Å². The largest absolute Gasteiger partial charge is 0.330 e. The van der Waals surface area contributed by atoms with Crippen molar-refractivity contribution in [1.29, 1.82) is 0 Å². The third-order valence-electron chi connectivity index (χ3n) is 1.73. The number of nitrogens with one attached hydrogen (secondary N) is 1. The van der Waals surface area contributed by atoms with Crippen molar-refractivity contribution in [3.05, 3.63) is 24.3 Å². The first kappa shape index (κ1) is 11.9. The Morgan fingerprint density at radius 1 is 1.21 bits per heavy atom. The van der Waals surface area contributed by atoms with Crippen LogP contribution in [0.5, 0.6) is 0 Å². The summed E-state index contributed by atoms with van der Waals surface area (Å²) in [5, 5.41) is 0. The third kappa shape index (κ3) is 4.37. The highest BCUT2D eigenvalue weighted by atomic mass is 32.2. The topological polar surface area (TPSA) is 38.0 Å². The average Bonchev–Trinajstić information content (AvgIpc) is 2.25. The van der Waals surface area contributed by atoms with Gasteiger partial charge in [0, 0.05) is 16.3 Å². The second-order valence-corrected chi connectivity index (χ2v) is 4.66. The van der Waals surface area contributed by atoms with Crippen molar-refractivity contribution in [1.82, 2.24) is 4.72 Å². The normalized spacial score (nSPS) is 10.4. The molecule has 0 unspecified atom stereocenters. The van der Waals surface area contributed by atoms with E-state index in [0.29, 0.717) is 0 Å². The highest BCUT2D eigenvalue weighted by Crippen LogP contribution is 2.19. The van der Waals surface area contributed by atoms with Crippen LogP contribution >= 0.6 is 23.7 Å². The molecule has 1 aromatic rings. The summed E-state index contributed by atoms with van der Waals surface area (Å²) >= 11 is 3.43. The molecule has 0 fully saturated rings. The SMILES string of the molecule is CSc1ccc(SNCCCN)cc1. The molecule has 0 amide bonds. The summed E-state index contributed by atoms with van der Waals surface area (Å²) in [7, 11) is 0. The summed E-state index contributed by atoms with van der Waals surface area (Å²) in [5.74, 6) is 0. The highest BCUT2D eigenvalue weighted by Gasteiger charge is 1.93. The number of nitrogens with two attached hydrogens (primary N) is 1. The van der Waals surface area contributed by atoms with Crippen LogP contribution in [0.1, 0.15) is 6.42 Å². The van der Waals surface area contributed by atoms with Crippen LogP contribution in [0.3, 0.4) is 0 Å². The molecule has 2 nitrogen and oxygen atoms in total. The maximum Gasteiger partial charge on any atom is 0.0228 e. The van der Waals surface area contributed by atoms with E-state index in [1.165, 1.54) is 9.79 Å². The molecule has 78 valence electrons. The molecule has 0 aliphatic heterocycles. The van der Waals surface area contributed by atoms with E-state index < -0.39 is 0 Å². The number of rotatable bonds is 6. The predicted molar refractivity (Wildman–Crippen MR) is 65.8 cm³/mol. The van der Waals surface area contributed by atoms with E-state index in [4.69, 9.17) is 5.73 Å². The highest BCUT2D eigenvalue weighted by molar-refractivity contribution is 7.98. The van der Waals surface area contributed by atoms with E-state index in [9.17, 15) is 0 Å². The maximum atomic E-state index is 5.39. The maximum absolute atomic E-state index is 5.39. The fourth-order valence-electron chi connectivity index (χ4n) is 0.952. The summed E-state index contributed by atoms with van der Waals surface area (Å²) < 4.78 is 3.27. The van der Waals surface area contributed by atoms with Gasteiger partial charge < -0.3 is 5.73 Å². The zero-order valence-corrected chi connectivity index (χ0v) is 9.96. The van der Waals surface area contributed by atoms with Crippen LogP contribution in [0.25, 0.3) is 0 Å². The Labute approximate surface area is 94.2 Å². The van der Waals surface area contributed by atoms with Gasteiger partial charge in [0.05, 0.1) is 0 Å². The molecule has 1 aromatic carbocycles. The van der Waals surface area contributed by atoms with Gasteiger partial charge in [-0.2, -0.15) is 0 Å². The van der Waals surface area contributed by atoms with Gasteiger partial charge in [-0.3, -0.25) is 4.72 Å². The van der Waals surface area contributed by atoms with Gasteiger partial charge in [0.2, 0.25) is 0 Å². The lowest BCUT2D eigenvalue weighted by Gasteiger charge is -2.03. The van der Waals surface area contributed by atoms with Crippen LogP contribution in [-0.2, 0) is 0 Å². The number of benzene rings is 1. The van der Waals surface area contributed by atoms with E-state index >= 15 is 0 Å². The molecule has 0 spiro atoms. The summed E-state index contributed by atoms with van der Waals surface area (Å²) in [4.78, 5) is 2.55. The molecule has 0 heterocycles. The second kappa shape index (κ2) is 7.17. The first-order chi connectivity index (χ1) is 6.86. The first-order valence-corrected chi connectivity index (χ1v) is 6.65. The third-order valence-corrected chi connectivity index (χ3v) is 3.33. The lowest BCUT2D eigenvalue weighted by Crippen LogP contribution is -2.10. The van der Waals surface area contributed by atoms with Gasteiger partial charge in [-0.25, -0.2) is 0 Å². The zero-order chi connectivity index (χ0) is 10.2. The minimum absolute atomic E-state index is 0.749. The average molecular weight is 228 g/mol. The van der Waals surface area contributed by atoms with Crippen LogP contribution < -0.4 is 10.5 Å². The quantitative estimate of drug-likeness (QED) is 0.445. The molecule has 14 heavy (non-hydrogen) atoms. The Kier molecular flexibility index (Phi) is 6.10. The van der Waals surface area contributed by atoms with Crippen LogP contribution in [0.15, 0.2) is 34.1 Å². The van der Waals surface area contributed by atoms with Crippen molar-refractivity contribution in [3.8, 4) is 0 Å². The molecule has 0 aliphatic rings. The van der Waals surface area contributed by atoms with Crippen LogP contribution in [-0.4, -0.2) is 19.3 Å². The lowest BCUT2D eigenvalue weighted by atomic mass is 10.4. The summed E-state index contributed by atoms with van der Waals surface area (Å²) in [6.45, 7) is 1.71. The van der Waals surface area contributed by atoms with Gasteiger partial charge in [-0.1, -0.05) is 0 Å². The Morgan fingerprint density at radius 3 is 2.43 bits per heavy atom. The second-order valence-electron chi connectivity index (χ2n) is 2.81. The number of hydrogen-bond donors (Lipinski definition) is 2. The molecule has 0 radical (unpaired) electrons. The van der Waals surface area contributed by atoms with Crippen molar-refractivity contribution in [2.75, 3.05) is 19.3 Å². The van der Waals surface area contributed by atoms with Crippen molar-refractivity contribution < 1.29 is 0 Å². The molecule has 0 bridgehead atoms. The fourth-order valence-corrected chi connectivity index (χ4v) is 2.05. The first-order valence-electron chi connectivity index (χ1n) is 4.60. The van der Waals surface area contributed by atoms with Gasteiger partial charge in [-0.15, -0.1) is 11.8 Å². The van der Waals surface area contributed by atoms with Gasteiger partial charge in [0.15, 0.2) is 0 Å². The number of thioether (sulfide) groups is 1. The van der Waals surface area contributed by atoms with Gasteiger partial charge in [0.1, 0.15) is 0 Å². The van der Waals surface area contributed by atoms with Crippen LogP contribution in [0.2, 0.25) is 0 Å². The van der Waals surface area contributed by atoms with E-state index in [0.717, 1.165) is 19.5 Å². The Balaban J connectivity index is 2.29. The van der Waals surface area contributed by atoms with E-state index in [1.807, 2.05) is 0 Å². The molecule has 0 atom stereocenters. The molecule has 3 N–H and O–H groups in total. The molecule has 0 aliphatic carbocycles. The Bertz CT molecular complexity index is 249. The molecule has 4 heteroatoms. The van der Waals surface area contributed by atoms with Crippen LogP contribution in [0, 0.1) is 0 Å². The van der Waals surface area contributed by atoms with Crippen molar-refractivity contribution in [3.63, 3.8) is 0 Å². The lowest BCUT2D eigenvalue weighted by molar-refractivity contribution is 0.808. The zero-order valence-electron chi connectivity index (χ0n) is 8.32. The molecule has 0 saturated carbocycles. The Hall–Kier alpha value is -0.160. The van der Waals surface area contributed by atoms with Crippen molar-refractivity contribution in [2.45, 2.75) is 16.2 Å². The minimum atomic E-state index is 0.749. The smallest absolute Gasteiger partial charge is 0.0228 e. The van der Waals surface area contributed by atoms with Gasteiger partial charge in [0.25, 0.3) is 0 Å².